The van der Waals surface area contributed by atoms with Gasteiger partial charge in [-0.05, 0) is 30.0 Å². The predicted octanol–water partition coefficient (Wildman–Crippen LogP) is 2.15. The number of methoxy groups -OCH3 is 1. The molecule has 0 saturated carbocycles. The fourth-order valence-corrected chi connectivity index (χ4v) is 1.66. The van der Waals surface area contributed by atoms with Crippen LogP contribution < -0.4 is 10.1 Å². The van der Waals surface area contributed by atoms with Gasteiger partial charge in [-0.25, -0.2) is 0 Å². The number of carbonyl (C=O) groups is 1. The van der Waals surface area contributed by atoms with Crippen LogP contribution in [0, 0.1) is 23.2 Å². The van der Waals surface area contributed by atoms with Crippen molar-refractivity contribution in [1.82, 2.24) is 5.32 Å². The summed E-state index contributed by atoms with van der Waals surface area (Å²) in [5.41, 5.74) is 0.922. The Labute approximate surface area is 114 Å². The maximum Gasteiger partial charge on any atom is 0.237 e. The molecule has 0 aliphatic heterocycles. The summed E-state index contributed by atoms with van der Waals surface area (Å²) >= 11 is 0. The molecule has 0 fully saturated rings. The Morgan fingerprint density at radius 3 is 2.79 bits per heavy atom. The van der Waals surface area contributed by atoms with E-state index in [9.17, 15) is 4.79 Å². The molecule has 4 nitrogen and oxygen atoms in total. The van der Waals surface area contributed by atoms with E-state index in [0.29, 0.717) is 18.9 Å². The summed E-state index contributed by atoms with van der Waals surface area (Å²) < 4.78 is 5.13. The zero-order valence-electron chi connectivity index (χ0n) is 11.6. The summed E-state index contributed by atoms with van der Waals surface area (Å²) in [5.74, 6) is 0.238. The molecule has 0 bridgehead atoms. The molecule has 19 heavy (non-hydrogen) atoms. The van der Waals surface area contributed by atoms with Crippen LogP contribution in [0.2, 0.25) is 0 Å². The lowest BCUT2D eigenvalue weighted by molar-refractivity contribution is -0.123. The van der Waals surface area contributed by atoms with Crippen LogP contribution in [0.5, 0.6) is 5.75 Å². The summed E-state index contributed by atoms with van der Waals surface area (Å²) in [6.07, 6.45) is 0.400. The molecule has 102 valence electrons. The van der Waals surface area contributed by atoms with Crippen molar-refractivity contribution in [3.05, 3.63) is 29.8 Å². The van der Waals surface area contributed by atoms with Gasteiger partial charge >= 0.3 is 0 Å². The van der Waals surface area contributed by atoms with Crippen LogP contribution in [-0.4, -0.2) is 19.6 Å². The highest BCUT2D eigenvalue weighted by Crippen LogP contribution is 2.16. The highest BCUT2D eigenvalue weighted by molar-refractivity contribution is 5.81. The average Bonchev–Trinajstić information content (AvgIpc) is 2.42. The van der Waals surface area contributed by atoms with Crippen molar-refractivity contribution in [2.45, 2.75) is 20.3 Å². The van der Waals surface area contributed by atoms with E-state index in [4.69, 9.17) is 10.00 Å². The highest BCUT2D eigenvalue weighted by atomic mass is 16.5. The van der Waals surface area contributed by atoms with Crippen molar-refractivity contribution < 1.29 is 9.53 Å². The zero-order valence-corrected chi connectivity index (χ0v) is 11.6. The molecule has 1 rings (SSSR count). The first-order valence-electron chi connectivity index (χ1n) is 6.37. The predicted molar refractivity (Wildman–Crippen MR) is 73.6 cm³/mol. The van der Waals surface area contributed by atoms with Gasteiger partial charge < -0.3 is 10.1 Å². The van der Waals surface area contributed by atoms with Crippen molar-refractivity contribution in [2.75, 3.05) is 13.7 Å². The molecule has 1 amide bonds. The van der Waals surface area contributed by atoms with E-state index in [0.717, 1.165) is 11.3 Å². The van der Waals surface area contributed by atoms with Gasteiger partial charge in [-0.15, -0.1) is 0 Å². The number of nitriles is 1. The molecule has 0 heterocycles. The molecule has 1 unspecified atom stereocenters. The molecule has 0 radical (unpaired) electrons. The summed E-state index contributed by atoms with van der Waals surface area (Å²) in [4.78, 5) is 11.9. The van der Waals surface area contributed by atoms with Gasteiger partial charge in [0.05, 0.1) is 13.2 Å². The lowest BCUT2D eigenvalue weighted by atomic mass is 9.99. The maximum absolute atomic E-state index is 11.9. The third-order valence-corrected chi connectivity index (χ3v) is 2.73. The number of carbonyl (C=O) groups excluding carboxylic acids is 1. The van der Waals surface area contributed by atoms with Gasteiger partial charge in [0.15, 0.2) is 0 Å². The molecule has 0 aliphatic rings. The third kappa shape index (κ3) is 5.01. The van der Waals surface area contributed by atoms with Crippen molar-refractivity contribution in [1.29, 1.82) is 5.26 Å². The van der Waals surface area contributed by atoms with Crippen LogP contribution in [0.15, 0.2) is 24.3 Å². The van der Waals surface area contributed by atoms with Crippen LogP contribution in [0.25, 0.3) is 0 Å². The molecule has 1 N–H and O–H groups in total. The summed E-state index contributed by atoms with van der Waals surface area (Å²) in [7, 11) is 1.59. The number of ether oxygens (including phenoxy) is 1. The SMILES string of the molecule is COc1cccc(CC(C#N)C(=O)NCC(C)C)c1. The van der Waals surface area contributed by atoms with Gasteiger partial charge in [0.2, 0.25) is 5.91 Å². The molecule has 0 aliphatic carbocycles. The van der Waals surface area contributed by atoms with E-state index in [2.05, 4.69) is 11.4 Å². The molecule has 1 aromatic rings. The molecular weight excluding hydrogens is 240 g/mol. The van der Waals surface area contributed by atoms with Crippen LogP contribution in [0.4, 0.5) is 0 Å². The van der Waals surface area contributed by atoms with E-state index in [1.807, 2.05) is 38.1 Å². The summed E-state index contributed by atoms with van der Waals surface area (Å²) in [5, 5.41) is 11.9. The van der Waals surface area contributed by atoms with E-state index >= 15 is 0 Å². The van der Waals surface area contributed by atoms with Gasteiger partial charge in [-0.2, -0.15) is 5.26 Å². The quantitative estimate of drug-likeness (QED) is 0.852. The molecular formula is C15H20N2O2. The number of rotatable bonds is 6. The first-order chi connectivity index (χ1) is 9.06. The van der Waals surface area contributed by atoms with E-state index in [1.165, 1.54) is 0 Å². The molecule has 0 saturated heterocycles. The maximum atomic E-state index is 11.9. The van der Waals surface area contributed by atoms with Gasteiger partial charge in [0.1, 0.15) is 11.7 Å². The van der Waals surface area contributed by atoms with Crippen molar-refractivity contribution in [3.8, 4) is 11.8 Å². The Hall–Kier alpha value is -2.02. The third-order valence-electron chi connectivity index (χ3n) is 2.73. The molecule has 1 aromatic carbocycles. The Bertz CT molecular complexity index is 463. The second-order valence-corrected chi connectivity index (χ2v) is 4.88. The van der Waals surface area contributed by atoms with E-state index in [-0.39, 0.29) is 5.91 Å². The van der Waals surface area contributed by atoms with Crippen LogP contribution in [-0.2, 0) is 11.2 Å². The number of hydrogen-bond acceptors (Lipinski definition) is 3. The average molecular weight is 260 g/mol. The second kappa shape index (κ2) is 7.42. The van der Waals surface area contributed by atoms with Gasteiger partial charge in [-0.1, -0.05) is 26.0 Å². The zero-order chi connectivity index (χ0) is 14.3. The topological polar surface area (TPSA) is 62.1 Å². The minimum absolute atomic E-state index is 0.209. The Balaban J connectivity index is 2.66. The van der Waals surface area contributed by atoms with Gasteiger partial charge in [-0.3, -0.25) is 4.79 Å². The summed E-state index contributed by atoms with van der Waals surface area (Å²) in [6, 6.07) is 9.49. The highest BCUT2D eigenvalue weighted by Gasteiger charge is 2.18. The van der Waals surface area contributed by atoms with E-state index < -0.39 is 5.92 Å². The fraction of sp³-hybridized carbons (Fsp3) is 0.467. The molecule has 0 spiro atoms. The van der Waals surface area contributed by atoms with Crippen LogP contribution in [0.1, 0.15) is 19.4 Å². The van der Waals surface area contributed by atoms with Crippen molar-refractivity contribution in [2.24, 2.45) is 11.8 Å². The second-order valence-electron chi connectivity index (χ2n) is 4.88. The van der Waals surface area contributed by atoms with Crippen LogP contribution in [0.3, 0.4) is 0 Å². The molecule has 1 atom stereocenters. The van der Waals surface area contributed by atoms with Crippen molar-refractivity contribution >= 4 is 5.91 Å². The lowest BCUT2D eigenvalue weighted by Crippen LogP contribution is -2.33. The number of nitrogens with one attached hydrogen (secondary N) is 1. The summed E-state index contributed by atoms with van der Waals surface area (Å²) in [6.45, 7) is 4.63. The number of benzene rings is 1. The number of hydrogen-bond donors (Lipinski definition) is 1. The first kappa shape index (κ1) is 15.0. The van der Waals surface area contributed by atoms with E-state index in [1.54, 1.807) is 7.11 Å². The first-order valence-corrected chi connectivity index (χ1v) is 6.37. The van der Waals surface area contributed by atoms with Gasteiger partial charge in [0.25, 0.3) is 0 Å². The minimum atomic E-state index is -0.661. The number of amides is 1. The monoisotopic (exact) mass is 260 g/mol. The smallest absolute Gasteiger partial charge is 0.237 e. The molecule has 0 aromatic heterocycles. The normalized spacial score (nSPS) is 11.7. The lowest BCUT2D eigenvalue weighted by Gasteiger charge is -2.12. The number of nitrogens with zero attached hydrogens (tertiary/aromatic N) is 1. The van der Waals surface area contributed by atoms with Crippen molar-refractivity contribution in [3.63, 3.8) is 0 Å². The minimum Gasteiger partial charge on any atom is -0.497 e. The standard InChI is InChI=1S/C15H20N2O2/c1-11(2)10-17-15(18)13(9-16)7-12-5-4-6-14(8-12)19-3/h4-6,8,11,13H,7,10H2,1-3H3,(H,17,18). The largest absolute Gasteiger partial charge is 0.497 e. The Morgan fingerprint density at radius 2 is 2.21 bits per heavy atom. The fourth-order valence-electron chi connectivity index (χ4n) is 1.66. The van der Waals surface area contributed by atoms with Crippen LogP contribution >= 0.6 is 0 Å². The Kier molecular flexibility index (Phi) is 5.87. The Morgan fingerprint density at radius 1 is 1.47 bits per heavy atom. The molecule has 4 heteroatoms. The van der Waals surface area contributed by atoms with Gasteiger partial charge in [0, 0.05) is 6.54 Å².